The van der Waals surface area contributed by atoms with Crippen molar-refractivity contribution >= 4 is 5.96 Å². The van der Waals surface area contributed by atoms with E-state index in [4.69, 9.17) is 19.2 Å². The van der Waals surface area contributed by atoms with Gasteiger partial charge in [-0.15, -0.1) is 0 Å². The molecule has 0 atom stereocenters. The number of rotatable bonds is 5. The van der Waals surface area contributed by atoms with Gasteiger partial charge in [-0.1, -0.05) is 6.07 Å². The number of hydrogen-bond donors (Lipinski definition) is 1. The summed E-state index contributed by atoms with van der Waals surface area (Å²) < 4.78 is 17.2. The van der Waals surface area contributed by atoms with Gasteiger partial charge in [-0.3, -0.25) is 0 Å². The molecule has 1 aromatic rings. The van der Waals surface area contributed by atoms with Crippen molar-refractivity contribution < 1.29 is 14.2 Å². The molecule has 144 valence electrons. The normalized spacial score (nSPS) is 18.5. The standard InChI is InChI=1S/C20H31N3O3/c1-3-21-20(23-10-8-17(9-11-23)24-4-2)22-15-16-6-7-18-19(14-16)26-13-5-12-25-18/h6-7,14,17H,3-5,8-13,15H2,1-2H3,(H,21,22). The summed E-state index contributed by atoms with van der Waals surface area (Å²) in [5.74, 6) is 2.65. The summed E-state index contributed by atoms with van der Waals surface area (Å²) in [4.78, 5) is 7.18. The zero-order valence-electron chi connectivity index (χ0n) is 16.0. The lowest BCUT2D eigenvalue weighted by Gasteiger charge is -2.34. The summed E-state index contributed by atoms with van der Waals surface area (Å²) >= 11 is 0. The third-order valence-corrected chi connectivity index (χ3v) is 4.70. The number of likely N-dealkylation sites (tertiary alicyclic amines) is 1. The zero-order chi connectivity index (χ0) is 18.2. The van der Waals surface area contributed by atoms with Crippen LogP contribution in [0.1, 0.15) is 38.7 Å². The number of benzene rings is 1. The molecule has 6 nitrogen and oxygen atoms in total. The lowest BCUT2D eigenvalue weighted by atomic mass is 10.1. The largest absolute Gasteiger partial charge is 0.490 e. The van der Waals surface area contributed by atoms with E-state index < -0.39 is 0 Å². The van der Waals surface area contributed by atoms with Gasteiger partial charge in [0.1, 0.15) is 0 Å². The van der Waals surface area contributed by atoms with Crippen molar-refractivity contribution in [2.24, 2.45) is 4.99 Å². The summed E-state index contributed by atoms with van der Waals surface area (Å²) in [6.07, 6.45) is 3.43. The molecule has 0 bridgehead atoms. The highest BCUT2D eigenvalue weighted by molar-refractivity contribution is 5.80. The molecule has 2 heterocycles. The molecule has 26 heavy (non-hydrogen) atoms. The van der Waals surface area contributed by atoms with Gasteiger partial charge >= 0.3 is 0 Å². The molecular formula is C20H31N3O3. The third-order valence-electron chi connectivity index (χ3n) is 4.70. The Hall–Kier alpha value is -1.95. The van der Waals surface area contributed by atoms with Gasteiger partial charge < -0.3 is 24.4 Å². The van der Waals surface area contributed by atoms with Gasteiger partial charge in [-0.2, -0.15) is 0 Å². The molecule has 0 amide bonds. The molecular weight excluding hydrogens is 330 g/mol. The smallest absolute Gasteiger partial charge is 0.194 e. The number of fused-ring (bicyclic) bond motifs is 1. The van der Waals surface area contributed by atoms with E-state index in [9.17, 15) is 0 Å². The Labute approximate surface area is 156 Å². The van der Waals surface area contributed by atoms with E-state index in [1.54, 1.807) is 0 Å². The monoisotopic (exact) mass is 361 g/mol. The molecule has 0 unspecified atom stereocenters. The molecule has 0 aromatic heterocycles. The van der Waals surface area contributed by atoms with Crippen molar-refractivity contribution in [2.75, 3.05) is 39.5 Å². The third kappa shape index (κ3) is 5.04. The Bertz CT molecular complexity index is 598. The fourth-order valence-electron chi connectivity index (χ4n) is 3.37. The predicted molar refractivity (Wildman–Crippen MR) is 103 cm³/mol. The fraction of sp³-hybridized carbons (Fsp3) is 0.650. The quantitative estimate of drug-likeness (QED) is 0.646. The van der Waals surface area contributed by atoms with E-state index >= 15 is 0 Å². The van der Waals surface area contributed by atoms with Gasteiger partial charge in [0.25, 0.3) is 0 Å². The highest BCUT2D eigenvalue weighted by atomic mass is 16.5. The molecule has 1 saturated heterocycles. The number of hydrogen-bond acceptors (Lipinski definition) is 4. The van der Waals surface area contributed by atoms with Crippen molar-refractivity contribution in [3.05, 3.63) is 23.8 Å². The topological polar surface area (TPSA) is 55.3 Å². The lowest BCUT2D eigenvalue weighted by molar-refractivity contribution is 0.0263. The summed E-state index contributed by atoms with van der Waals surface area (Å²) in [6.45, 7) is 9.85. The van der Waals surface area contributed by atoms with Crippen LogP contribution in [0.5, 0.6) is 11.5 Å². The van der Waals surface area contributed by atoms with Gasteiger partial charge in [0, 0.05) is 32.7 Å². The summed E-state index contributed by atoms with van der Waals surface area (Å²) in [7, 11) is 0. The molecule has 3 rings (SSSR count). The van der Waals surface area contributed by atoms with E-state index in [2.05, 4.69) is 36.2 Å². The molecule has 2 aliphatic heterocycles. The Kier molecular flexibility index (Phi) is 7.00. The maximum atomic E-state index is 5.78. The van der Waals surface area contributed by atoms with Crippen LogP contribution >= 0.6 is 0 Å². The number of nitrogens with one attached hydrogen (secondary N) is 1. The highest BCUT2D eigenvalue weighted by Gasteiger charge is 2.21. The average molecular weight is 361 g/mol. The maximum Gasteiger partial charge on any atom is 0.194 e. The van der Waals surface area contributed by atoms with Crippen LogP contribution in [0.25, 0.3) is 0 Å². The van der Waals surface area contributed by atoms with Crippen LogP contribution in [0.2, 0.25) is 0 Å². The van der Waals surface area contributed by atoms with E-state index in [1.807, 2.05) is 6.07 Å². The number of piperidine rings is 1. The minimum Gasteiger partial charge on any atom is -0.490 e. The second-order valence-electron chi connectivity index (χ2n) is 6.64. The van der Waals surface area contributed by atoms with Gasteiger partial charge in [0.2, 0.25) is 0 Å². The molecule has 0 saturated carbocycles. The second kappa shape index (κ2) is 9.67. The van der Waals surface area contributed by atoms with Crippen LogP contribution in [0.15, 0.2) is 23.2 Å². The van der Waals surface area contributed by atoms with Crippen LogP contribution in [0.3, 0.4) is 0 Å². The first-order valence-corrected chi connectivity index (χ1v) is 9.83. The van der Waals surface area contributed by atoms with Gasteiger partial charge in [-0.05, 0) is 44.4 Å². The van der Waals surface area contributed by atoms with Crippen LogP contribution < -0.4 is 14.8 Å². The molecule has 0 aliphatic carbocycles. The Balaban J connectivity index is 1.63. The Morgan fingerprint density at radius 3 is 2.69 bits per heavy atom. The molecule has 0 radical (unpaired) electrons. The molecule has 1 fully saturated rings. The SMILES string of the molecule is CCNC(=NCc1ccc2c(c1)OCCCO2)N1CCC(OCC)CC1. The van der Waals surface area contributed by atoms with Crippen LogP contribution in [0, 0.1) is 0 Å². The summed E-state index contributed by atoms with van der Waals surface area (Å²) in [5.41, 5.74) is 1.13. The molecule has 2 aliphatic rings. The van der Waals surface area contributed by atoms with E-state index in [0.717, 1.165) is 68.5 Å². The minimum atomic E-state index is 0.390. The van der Waals surface area contributed by atoms with Crippen LogP contribution in [-0.2, 0) is 11.3 Å². The Morgan fingerprint density at radius 1 is 1.19 bits per heavy atom. The molecule has 1 N–H and O–H groups in total. The van der Waals surface area contributed by atoms with Crippen molar-refractivity contribution in [3.63, 3.8) is 0 Å². The van der Waals surface area contributed by atoms with E-state index in [-0.39, 0.29) is 0 Å². The van der Waals surface area contributed by atoms with Crippen molar-refractivity contribution in [3.8, 4) is 11.5 Å². The Morgan fingerprint density at radius 2 is 1.96 bits per heavy atom. The molecule has 1 aromatic carbocycles. The molecule has 0 spiro atoms. The number of nitrogens with zero attached hydrogens (tertiary/aromatic N) is 2. The number of guanidine groups is 1. The van der Waals surface area contributed by atoms with Crippen LogP contribution in [0.4, 0.5) is 0 Å². The minimum absolute atomic E-state index is 0.390. The van der Waals surface area contributed by atoms with Crippen LogP contribution in [-0.4, -0.2) is 56.4 Å². The summed E-state index contributed by atoms with van der Waals surface area (Å²) in [5, 5.41) is 3.42. The van der Waals surface area contributed by atoms with Gasteiger partial charge in [0.05, 0.1) is 25.9 Å². The first kappa shape index (κ1) is 18.8. The highest BCUT2D eigenvalue weighted by Crippen LogP contribution is 2.30. The van der Waals surface area contributed by atoms with Crippen molar-refractivity contribution in [1.29, 1.82) is 0 Å². The maximum absolute atomic E-state index is 5.78. The predicted octanol–water partition coefficient (Wildman–Crippen LogP) is 2.81. The van der Waals surface area contributed by atoms with Gasteiger partial charge in [-0.25, -0.2) is 4.99 Å². The number of ether oxygens (including phenoxy) is 3. The first-order chi connectivity index (χ1) is 12.8. The zero-order valence-corrected chi connectivity index (χ0v) is 16.0. The van der Waals surface area contributed by atoms with E-state index in [1.165, 1.54) is 0 Å². The average Bonchev–Trinajstić information content (AvgIpc) is 2.91. The van der Waals surface area contributed by atoms with E-state index in [0.29, 0.717) is 25.9 Å². The fourth-order valence-corrected chi connectivity index (χ4v) is 3.37. The van der Waals surface area contributed by atoms with Crippen molar-refractivity contribution in [1.82, 2.24) is 10.2 Å². The number of aliphatic imine (C=N–C) groups is 1. The summed E-state index contributed by atoms with van der Waals surface area (Å²) in [6, 6.07) is 6.11. The second-order valence-corrected chi connectivity index (χ2v) is 6.64. The lowest BCUT2D eigenvalue weighted by Crippen LogP contribution is -2.47. The first-order valence-electron chi connectivity index (χ1n) is 9.83. The van der Waals surface area contributed by atoms with Crippen molar-refractivity contribution in [2.45, 2.75) is 45.8 Å². The molecule has 6 heteroatoms. The van der Waals surface area contributed by atoms with Gasteiger partial charge in [0.15, 0.2) is 17.5 Å².